The van der Waals surface area contributed by atoms with E-state index in [1.54, 1.807) is 12.1 Å². The van der Waals surface area contributed by atoms with Crippen molar-refractivity contribution < 1.29 is 15.0 Å². The number of carbonyl (C=O) groups is 1. The van der Waals surface area contributed by atoms with Gasteiger partial charge in [-0.3, -0.25) is 4.79 Å². The molecule has 19 heavy (non-hydrogen) atoms. The third kappa shape index (κ3) is 2.89. The Hall–Kier alpha value is -2.40. The molecule has 5 nitrogen and oxygen atoms in total. The lowest BCUT2D eigenvalue weighted by atomic mass is 10.2. The number of amides is 1. The summed E-state index contributed by atoms with van der Waals surface area (Å²) in [6.07, 6.45) is 0. The number of aromatic hydroxyl groups is 2. The zero-order chi connectivity index (χ0) is 14.0. The number of phenolic OH excluding ortho intramolecular Hbond substituents is 2. The van der Waals surface area contributed by atoms with Crippen molar-refractivity contribution in [1.29, 1.82) is 0 Å². The summed E-state index contributed by atoms with van der Waals surface area (Å²) in [6.45, 7) is 0. The molecule has 0 saturated heterocycles. The van der Waals surface area contributed by atoms with Crippen LogP contribution in [0.1, 0.15) is 10.4 Å². The second-order valence-corrected chi connectivity index (χ2v) is 4.30. The highest BCUT2D eigenvalue weighted by atomic mass is 35.5. The van der Waals surface area contributed by atoms with Gasteiger partial charge in [-0.2, -0.15) is 0 Å². The van der Waals surface area contributed by atoms with Gasteiger partial charge in [0.15, 0.2) is 11.5 Å². The Morgan fingerprint density at radius 3 is 2.47 bits per heavy atom. The summed E-state index contributed by atoms with van der Waals surface area (Å²) < 4.78 is 0. The predicted octanol–water partition coefficient (Wildman–Crippen LogP) is 2.59. The van der Waals surface area contributed by atoms with Crippen molar-refractivity contribution in [3.63, 3.8) is 0 Å². The van der Waals surface area contributed by atoms with Crippen molar-refractivity contribution in [3.05, 3.63) is 47.0 Å². The zero-order valence-corrected chi connectivity index (χ0v) is 10.5. The number of anilines is 2. The lowest BCUT2D eigenvalue weighted by Crippen LogP contribution is -2.12. The van der Waals surface area contributed by atoms with Crippen LogP contribution in [0.2, 0.25) is 5.02 Å². The van der Waals surface area contributed by atoms with Crippen LogP contribution in [-0.4, -0.2) is 16.1 Å². The Kier molecular flexibility index (Phi) is 3.48. The molecule has 5 N–H and O–H groups in total. The van der Waals surface area contributed by atoms with E-state index in [0.29, 0.717) is 16.4 Å². The summed E-state index contributed by atoms with van der Waals surface area (Å²) in [5.41, 5.74) is 6.65. The fraction of sp³-hybridized carbons (Fsp3) is 0. The molecule has 0 aliphatic carbocycles. The fourth-order valence-corrected chi connectivity index (χ4v) is 1.73. The molecule has 6 heteroatoms. The maximum absolute atomic E-state index is 11.9. The van der Waals surface area contributed by atoms with Crippen molar-refractivity contribution >= 4 is 28.9 Å². The smallest absolute Gasteiger partial charge is 0.255 e. The van der Waals surface area contributed by atoms with Crippen LogP contribution >= 0.6 is 11.6 Å². The highest BCUT2D eigenvalue weighted by Gasteiger charge is 2.10. The number of carbonyl (C=O) groups excluding carboxylic acids is 1. The van der Waals surface area contributed by atoms with E-state index in [9.17, 15) is 15.0 Å². The van der Waals surface area contributed by atoms with Crippen LogP contribution in [0.5, 0.6) is 11.5 Å². The van der Waals surface area contributed by atoms with Gasteiger partial charge >= 0.3 is 0 Å². The summed E-state index contributed by atoms with van der Waals surface area (Å²) in [5, 5.41) is 21.4. The van der Waals surface area contributed by atoms with E-state index in [4.69, 9.17) is 17.3 Å². The van der Waals surface area contributed by atoms with Gasteiger partial charge in [-0.05, 0) is 36.4 Å². The molecule has 2 rings (SSSR count). The molecular weight excluding hydrogens is 268 g/mol. The van der Waals surface area contributed by atoms with Gasteiger partial charge in [0.05, 0.1) is 10.7 Å². The topological polar surface area (TPSA) is 95.6 Å². The van der Waals surface area contributed by atoms with E-state index in [1.807, 2.05) is 0 Å². The average Bonchev–Trinajstić information content (AvgIpc) is 2.36. The van der Waals surface area contributed by atoms with Gasteiger partial charge in [0.2, 0.25) is 0 Å². The second-order valence-electron chi connectivity index (χ2n) is 3.90. The first-order valence-corrected chi connectivity index (χ1v) is 5.73. The molecule has 0 spiro atoms. The molecular formula is C13H11ClN2O3. The standard InChI is InChI=1S/C13H11ClN2O3/c14-9-6-8(15)2-3-10(9)16-13(19)7-1-4-11(17)12(18)5-7/h1-6,17-18H,15H2,(H,16,19). The van der Waals surface area contributed by atoms with Gasteiger partial charge in [0, 0.05) is 11.3 Å². The number of nitrogens with one attached hydrogen (secondary N) is 1. The molecule has 0 saturated carbocycles. The van der Waals surface area contributed by atoms with Crippen molar-refractivity contribution in [2.24, 2.45) is 0 Å². The minimum Gasteiger partial charge on any atom is -0.504 e. The molecule has 0 bridgehead atoms. The van der Waals surface area contributed by atoms with Gasteiger partial charge < -0.3 is 21.3 Å². The van der Waals surface area contributed by atoms with Crippen LogP contribution in [0.15, 0.2) is 36.4 Å². The van der Waals surface area contributed by atoms with Gasteiger partial charge in [0.1, 0.15) is 0 Å². The number of hydrogen-bond acceptors (Lipinski definition) is 4. The highest BCUT2D eigenvalue weighted by Crippen LogP contribution is 2.27. The summed E-state index contributed by atoms with van der Waals surface area (Å²) in [4.78, 5) is 11.9. The van der Waals surface area contributed by atoms with Crippen molar-refractivity contribution in [2.75, 3.05) is 11.1 Å². The summed E-state index contributed by atoms with van der Waals surface area (Å²) >= 11 is 5.93. The lowest BCUT2D eigenvalue weighted by molar-refractivity contribution is 0.102. The van der Waals surface area contributed by atoms with Crippen molar-refractivity contribution in [1.82, 2.24) is 0 Å². The summed E-state index contributed by atoms with van der Waals surface area (Å²) in [7, 11) is 0. The van der Waals surface area contributed by atoms with E-state index in [0.717, 1.165) is 6.07 Å². The van der Waals surface area contributed by atoms with E-state index in [-0.39, 0.29) is 17.1 Å². The Balaban J connectivity index is 2.23. The Labute approximate surface area is 114 Å². The maximum atomic E-state index is 11.9. The Morgan fingerprint density at radius 1 is 1.11 bits per heavy atom. The molecule has 0 aromatic heterocycles. The number of rotatable bonds is 2. The zero-order valence-electron chi connectivity index (χ0n) is 9.72. The second kappa shape index (κ2) is 5.07. The largest absolute Gasteiger partial charge is 0.504 e. The van der Waals surface area contributed by atoms with Crippen LogP contribution in [0.3, 0.4) is 0 Å². The predicted molar refractivity (Wildman–Crippen MR) is 73.6 cm³/mol. The van der Waals surface area contributed by atoms with Crippen LogP contribution in [0.25, 0.3) is 0 Å². The van der Waals surface area contributed by atoms with E-state index >= 15 is 0 Å². The van der Waals surface area contributed by atoms with Crippen molar-refractivity contribution in [3.8, 4) is 11.5 Å². The number of benzene rings is 2. The molecule has 0 unspecified atom stereocenters. The molecule has 2 aromatic carbocycles. The molecule has 2 aromatic rings. The molecule has 0 radical (unpaired) electrons. The molecule has 1 amide bonds. The lowest BCUT2D eigenvalue weighted by Gasteiger charge is -2.08. The number of nitrogen functional groups attached to an aromatic ring is 1. The van der Waals surface area contributed by atoms with Crippen LogP contribution in [0.4, 0.5) is 11.4 Å². The molecule has 0 heterocycles. The highest BCUT2D eigenvalue weighted by molar-refractivity contribution is 6.34. The normalized spacial score (nSPS) is 10.2. The number of hydrogen-bond donors (Lipinski definition) is 4. The van der Waals surface area contributed by atoms with E-state index in [2.05, 4.69) is 5.32 Å². The molecule has 0 aliphatic rings. The SMILES string of the molecule is Nc1ccc(NC(=O)c2ccc(O)c(O)c2)c(Cl)c1. The summed E-state index contributed by atoms with van der Waals surface area (Å²) in [5.74, 6) is -1.11. The Bertz CT molecular complexity index is 644. The van der Waals surface area contributed by atoms with Gasteiger partial charge in [-0.1, -0.05) is 11.6 Å². The third-order valence-electron chi connectivity index (χ3n) is 2.48. The van der Waals surface area contributed by atoms with Gasteiger partial charge in [-0.15, -0.1) is 0 Å². The minimum absolute atomic E-state index is 0.197. The first-order chi connectivity index (χ1) is 8.97. The molecule has 0 atom stereocenters. The molecule has 98 valence electrons. The average molecular weight is 279 g/mol. The number of phenols is 2. The maximum Gasteiger partial charge on any atom is 0.255 e. The van der Waals surface area contributed by atoms with Crippen LogP contribution < -0.4 is 11.1 Å². The van der Waals surface area contributed by atoms with Crippen molar-refractivity contribution in [2.45, 2.75) is 0 Å². The fourth-order valence-electron chi connectivity index (χ4n) is 1.49. The monoisotopic (exact) mass is 278 g/mol. The Morgan fingerprint density at radius 2 is 1.84 bits per heavy atom. The number of nitrogens with two attached hydrogens (primary N) is 1. The first-order valence-electron chi connectivity index (χ1n) is 5.36. The van der Waals surface area contributed by atoms with E-state index in [1.165, 1.54) is 18.2 Å². The minimum atomic E-state index is -0.457. The van der Waals surface area contributed by atoms with E-state index < -0.39 is 5.91 Å². The van der Waals surface area contributed by atoms with Crippen LogP contribution in [-0.2, 0) is 0 Å². The van der Waals surface area contributed by atoms with Gasteiger partial charge in [0.25, 0.3) is 5.91 Å². The van der Waals surface area contributed by atoms with Crippen LogP contribution in [0, 0.1) is 0 Å². The third-order valence-corrected chi connectivity index (χ3v) is 2.79. The first kappa shape index (κ1) is 13.0. The molecule has 0 fully saturated rings. The quantitative estimate of drug-likeness (QED) is 0.501. The summed E-state index contributed by atoms with van der Waals surface area (Å²) in [6, 6.07) is 8.48. The molecule has 0 aliphatic heterocycles. The van der Waals surface area contributed by atoms with Gasteiger partial charge in [-0.25, -0.2) is 0 Å². The number of halogens is 1.